The molecular formula is C11H12N2O2. The van der Waals surface area contributed by atoms with E-state index in [1.165, 1.54) is 0 Å². The highest BCUT2D eigenvalue weighted by molar-refractivity contribution is 5.91. The average Bonchev–Trinajstić information content (AvgIpc) is 2.59. The number of amides is 2. The molecule has 0 bridgehead atoms. The largest absolute Gasteiger partial charge is 0.440 e. The summed E-state index contributed by atoms with van der Waals surface area (Å²) in [6.07, 6.45) is 0. The van der Waals surface area contributed by atoms with Crippen LogP contribution in [0.4, 0.5) is 10.7 Å². The minimum Gasteiger partial charge on any atom is -0.440 e. The van der Waals surface area contributed by atoms with Gasteiger partial charge in [-0.05, 0) is 13.0 Å². The number of hydrogen-bond donors (Lipinski definition) is 2. The Morgan fingerprint density at radius 1 is 1.40 bits per heavy atom. The van der Waals surface area contributed by atoms with Crippen molar-refractivity contribution in [3.05, 3.63) is 30.3 Å². The zero-order chi connectivity index (χ0) is 10.7. The molecule has 0 spiro atoms. The molecule has 0 radical (unpaired) electrons. The van der Waals surface area contributed by atoms with E-state index < -0.39 is 0 Å². The van der Waals surface area contributed by atoms with Gasteiger partial charge in [-0.15, -0.1) is 0 Å². The quantitative estimate of drug-likeness (QED) is 0.789. The van der Waals surface area contributed by atoms with E-state index in [1.807, 2.05) is 31.2 Å². The van der Waals surface area contributed by atoms with Crippen molar-refractivity contribution in [3.8, 4) is 0 Å². The van der Waals surface area contributed by atoms with Crippen LogP contribution in [-0.2, 0) is 0 Å². The third-order valence-electron chi connectivity index (χ3n) is 2.00. The van der Waals surface area contributed by atoms with Gasteiger partial charge in [0.2, 0.25) is 5.88 Å². The standard InChI is InChI=1S/C11H12N2O2/c1-2-12-11(14)13-10-7-8-5-3-4-6-9(8)15-10/h3-7H,2H2,1H3,(H2,12,13,14). The first-order valence-corrected chi connectivity index (χ1v) is 4.83. The molecule has 1 aromatic carbocycles. The number of fused-ring (bicyclic) bond motifs is 1. The summed E-state index contributed by atoms with van der Waals surface area (Å²) in [5.41, 5.74) is 0.768. The number of benzene rings is 1. The monoisotopic (exact) mass is 204 g/mol. The molecule has 1 aromatic heterocycles. The molecule has 0 aliphatic rings. The third-order valence-corrected chi connectivity index (χ3v) is 2.00. The third kappa shape index (κ3) is 2.10. The number of hydrogen-bond acceptors (Lipinski definition) is 2. The Labute approximate surface area is 87.3 Å². The van der Waals surface area contributed by atoms with Crippen LogP contribution in [-0.4, -0.2) is 12.6 Å². The molecule has 1 heterocycles. The summed E-state index contributed by atoms with van der Waals surface area (Å²) >= 11 is 0. The summed E-state index contributed by atoms with van der Waals surface area (Å²) < 4.78 is 5.41. The molecule has 2 amide bonds. The Morgan fingerprint density at radius 2 is 2.20 bits per heavy atom. The summed E-state index contributed by atoms with van der Waals surface area (Å²) in [4.78, 5) is 11.2. The molecule has 0 aliphatic heterocycles. The number of urea groups is 1. The van der Waals surface area contributed by atoms with Crippen LogP contribution in [0.3, 0.4) is 0 Å². The number of nitrogens with one attached hydrogen (secondary N) is 2. The average molecular weight is 204 g/mol. The highest BCUT2D eigenvalue weighted by Crippen LogP contribution is 2.22. The van der Waals surface area contributed by atoms with Gasteiger partial charge in [-0.3, -0.25) is 5.32 Å². The second kappa shape index (κ2) is 4.04. The molecule has 4 heteroatoms. The maximum Gasteiger partial charge on any atom is 0.321 e. The lowest BCUT2D eigenvalue weighted by atomic mass is 10.3. The fourth-order valence-corrected chi connectivity index (χ4v) is 1.36. The summed E-state index contributed by atoms with van der Waals surface area (Å²) in [6.45, 7) is 2.45. The predicted molar refractivity (Wildman–Crippen MR) is 58.9 cm³/mol. The van der Waals surface area contributed by atoms with Gasteiger partial charge in [0.25, 0.3) is 0 Å². The number of anilines is 1. The van der Waals surface area contributed by atoms with E-state index in [1.54, 1.807) is 6.07 Å². The first-order valence-electron chi connectivity index (χ1n) is 4.83. The van der Waals surface area contributed by atoms with E-state index in [2.05, 4.69) is 10.6 Å². The van der Waals surface area contributed by atoms with Crippen molar-refractivity contribution in [3.63, 3.8) is 0 Å². The first-order chi connectivity index (χ1) is 7.29. The lowest BCUT2D eigenvalue weighted by Gasteiger charge is -2.00. The Balaban J connectivity index is 2.18. The second-order valence-corrected chi connectivity index (χ2v) is 3.13. The normalized spacial score (nSPS) is 10.2. The van der Waals surface area contributed by atoms with Gasteiger partial charge in [0.15, 0.2) is 0 Å². The maximum atomic E-state index is 11.2. The van der Waals surface area contributed by atoms with Gasteiger partial charge in [0.1, 0.15) is 5.58 Å². The number of para-hydroxylation sites is 1. The Bertz CT molecular complexity index is 443. The van der Waals surface area contributed by atoms with Gasteiger partial charge in [-0.1, -0.05) is 18.2 Å². The fraction of sp³-hybridized carbons (Fsp3) is 0.182. The van der Waals surface area contributed by atoms with Crippen LogP contribution >= 0.6 is 0 Å². The second-order valence-electron chi connectivity index (χ2n) is 3.13. The minimum atomic E-state index is -0.253. The Morgan fingerprint density at radius 3 is 2.93 bits per heavy atom. The lowest BCUT2D eigenvalue weighted by Crippen LogP contribution is -2.27. The molecule has 0 saturated heterocycles. The molecule has 78 valence electrons. The van der Waals surface area contributed by atoms with E-state index in [4.69, 9.17) is 4.42 Å². The molecule has 0 unspecified atom stereocenters. The van der Waals surface area contributed by atoms with Crippen molar-refractivity contribution in [2.24, 2.45) is 0 Å². The smallest absolute Gasteiger partial charge is 0.321 e. The number of rotatable bonds is 2. The summed E-state index contributed by atoms with van der Waals surface area (Å²) in [5, 5.41) is 6.22. The van der Waals surface area contributed by atoms with Crippen LogP contribution in [0.25, 0.3) is 11.0 Å². The molecule has 2 N–H and O–H groups in total. The summed E-state index contributed by atoms with van der Waals surface area (Å²) in [7, 11) is 0. The minimum absolute atomic E-state index is 0.253. The number of furan rings is 1. The molecule has 0 atom stereocenters. The molecule has 2 rings (SSSR count). The highest BCUT2D eigenvalue weighted by atomic mass is 16.4. The molecule has 0 saturated carbocycles. The van der Waals surface area contributed by atoms with Crippen molar-refractivity contribution in [1.29, 1.82) is 0 Å². The highest BCUT2D eigenvalue weighted by Gasteiger charge is 2.05. The zero-order valence-electron chi connectivity index (χ0n) is 8.41. The van der Waals surface area contributed by atoms with Crippen molar-refractivity contribution in [1.82, 2.24) is 5.32 Å². The van der Waals surface area contributed by atoms with E-state index >= 15 is 0 Å². The van der Waals surface area contributed by atoms with Gasteiger partial charge < -0.3 is 9.73 Å². The molecule has 4 nitrogen and oxygen atoms in total. The lowest BCUT2D eigenvalue weighted by molar-refractivity contribution is 0.252. The van der Waals surface area contributed by atoms with Crippen molar-refractivity contribution in [2.75, 3.05) is 11.9 Å². The van der Waals surface area contributed by atoms with Crippen LogP contribution in [0, 0.1) is 0 Å². The van der Waals surface area contributed by atoms with Gasteiger partial charge in [-0.25, -0.2) is 4.79 Å². The Hall–Kier alpha value is -1.97. The van der Waals surface area contributed by atoms with E-state index in [9.17, 15) is 4.79 Å². The van der Waals surface area contributed by atoms with Crippen molar-refractivity contribution in [2.45, 2.75) is 6.92 Å². The number of carbonyl (C=O) groups excluding carboxylic acids is 1. The summed E-state index contributed by atoms with van der Waals surface area (Å²) in [6, 6.07) is 9.15. The number of carbonyl (C=O) groups is 1. The van der Waals surface area contributed by atoms with Crippen LogP contribution in [0.5, 0.6) is 0 Å². The van der Waals surface area contributed by atoms with Crippen LogP contribution in [0.2, 0.25) is 0 Å². The van der Waals surface area contributed by atoms with Gasteiger partial charge in [-0.2, -0.15) is 0 Å². The molecular weight excluding hydrogens is 192 g/mol. The van der Waals surface area contributed by atoms with Gasteiger partial charge in [0, 0.05) is 18.0 Å². The van der Waals surface area contributed by atoms with Crippen molar-refractivity contribution < 1.29 is 9.21 Å². The molecule has 2 aromatic rings. The van der Waals surface area contributed by atoms with E-state index in [0.29, 0.717) is 12.4 Å². The fourth-order valence-electron chi connectivity index (χ4n) is 1.36. The van der Waals surface area contributed by atoms with Crippen LogP contribution < -0.4 is 10.6 Å². The zero-order valence-corrected chi connectivity index (χ0v) is 8.41. The van der Waals surface area contributed by atoms with Crippen LogP contribution in [0.15, 0.2) is 34.7 Å². The Kier molecular flexibility index (Phi) is 2.58. The predicted octanol–water partition coefficient (Wildman–Crippen LogP) is 2.57. The van der Waals surface area contributed by atoms with E-state index in [0.717, 1.165) is 11.0 Å². The molecule has 0 fully saturated rings. The molecule has 0 aliphatic carbocycles. The van der Waals surface area contributed by atoms with Crippen LogP contribution in [0.1, 0.15) is 6.92 Å². The molecule has 15 heavy (non-hydrogen) atoms. The maximum absolute atomic E-state index is 11.2. The van der Waals surface area contributed by atoms with Gasteiger partial charge in [0.05, 0.1) is 0 Å². The summed E-state index contributed by atoms with van der Waals surface area (Å²) in [5.74, 6) is 0.460. The van der Waals surface area contributed by atoms with E-state index in [-0.39, 0.29) is 6.03 Å². The SMILES string of the molecule is CCNC(=O)Nc1cc2ccccc2o1. The topological polar surface area (TPSA) is 54.3 Å². The van der Waals surface area contributed by atoms with Crippen molar-refractivity contribution >= 4 is 22.9 Å². The first kappa shape index (κ1) is 9.58. The van der Waals surface area contributed by atoms with Gasteiger partial charge >= 0.3 is 6.03 Å².